The fraction of sp³-hybridized carbons (Fsp3) is 0.944. The average Bonchev–Trinajstić information content (AvgIpc) is 2.89. The number of nitrogens with zero attached hydrogens (tertiary/aromatic N) is 1. The summed E-state index contributed by atoms with van der Waals surface area (Å²) in [5.41, 5.74) is 0.616. The molecule has 1 fully saturated rings. The topological polar surface area (TPSA) is 20.3 Å². The van der Waals surface area contributed by atoms with Crippen molar-refractivity contribution in [1.82, 2.24) is 4.90 Å². The van der Waals surface area contributed by atoms with Crippen molar-refractivity contribution in [2.45, 2.75) is 92.5 Å². The third-order valence-corrected chi connectivity index (χ3v) is 6.30. The molecule has 0 aromatic carbocycles. The molecule has 0 spiro atoms. The van der Waals surface area contributed by atoms with Crippen LogP contribution in [0.25, 0.3) is 0 Å². The van der Waals surface area contributed by atoms with Gasteiger partial charge in [0.05, 0.1) is 0 Å². The molecular weight excluding hydrogens is 246 g/mol. The minimum absolute atomic E-state index is 0.256. The van der Waals surface area contributed by atoms with Gasteiger partial charge in [0.2, 0.25) is 5.91 Å². The van der Waals surface area contributed by atoms with Crippen LogP contribution in [0.4, 0.5) is 0 Å². The van der Waals surface area contributed by atoms with E-state index >= 15 is 0 Å². The first kappa shape index (κ1) is 17.5. The van der Waals surface area contributed by atoms with Crippen LogP contribution in [0.5, 0.6) is 0 Å². The summed E-state index contributed by atoms with van der Waals surface area (Å²) in [5.74, 6) is 0.387. The third kappa shape index (κ3) is 3.56. The van der Waals surface area contributed by atoms with Gasteiger partial charge in [0.15, 0.2) is 0 Å². The first-order valence-corrected chi connectivity index (χ1v) is 8.65. The highest BCUT2D eigenvalue weighted by Gasteiger charge is 2.42. The molecule has 1 amide bonds. The second-order valence-electron chi connectivity index (χ2n) is 7.29. The molecule has 1 unspecified atom stereocenters. The Bertz CT molecular complexity index is 315. The number of amides is 1. The van der Waals surface area contributed by atoms with Gasteiger partial charge in [-0.05, 0) is 36.5 Å². The van der Waals surface area contributed by atoms with Crippen LogP contribution in [-0.2, 0) is 4.79 Å². The largest absolute Gasteiger partial charge is 0.339 e. The Balaban J connectivity index is 3.04. The second kappa shape index (κ2) is 6.95. The molecular formula is C18H35NO. The lowest BCUT2D eigenvalue weighted by Crippen LogP contribution is -2.49. The quantitative estimate of drug-likeness (QED) is 0.611. The molecule has 0 bridgehead atoms. The highest BCUT2D eigenvalue weighted by Crippen LogP contribution is 2.43. The third-order valence-electron chi connectivity index (χ3n) is 6.30. The lowest BCUT2D eigenvalue weighted by atomic mass is 9.68. The van der Waals surface area contributed by atoms with Crippen molar-refractivity contribution in [3.63, 3.8) is 0 Å². The maximum absolute atomic E-state index is 12.3. The van der Waals surface area contributed by atoms with Gasteiger partial charge >= 0.3 is 0 Å². The summed E-state index contributed by atoms with van der Waals surface area (Å²) in [6.45, 7) is 14.9. The predicted octanol–water partition coefficient (Wildman–Crippen LogP) is 5.02. The molecule has 2 heteroatoms. The molecule has 2 nitrogen and oxygen atoms in total. The smallest absolute Gasteiger partial charge is 0.222 e. The maximum Gasteiger partial charge on any atom is 0.222 e. The summed E-state index contributed by atoms with van der Waals surface area (Å²) < 4.78 is 0. The molecule has 0 aromatic heterocycles. The molecule has 1 heterocycles. The predicted molar refractivity (Wildman–Crippen MR) is 86.7 cm³/mol. The molecule has 0 saturated carbocycles. The first-order chi connectivity index (χ1) is 9.35. The summed E-state index contributed by atoms with van der Waals surface area (Å²) in [7, 11) is 0. The molecule has 1 saturated heterocycles. The molecule has 1 aliphatic heterocycles. The highest BCUT2D eigenvalue weighted by molar-refractivity contribution is 5.78. The second-order valence-corrected chi connectivity index (χ2v) is 7.29. The van der Waals surface area contributed by atoms with Crippen LogP contribution in [0.3, 0.4) is 0 Å². The fourth-order valence-corrected chi connectivity index (χ4v) is 3.46. The van der Waals surface area contributed by atoms with Crippen molar-refractivity contribution in [2.24, 2.45) is 10.8 Å². The van der Waals surface area contributed by atoms with E-state index in [0.29, 0.717) is 17.4 Å². The highest BCUT2D eigenvalue weighted by atomic mass is 16.2. The van der Waals surface area contributed by atoms with Gasteiger partial charge in [-0.15, -0.1) is 0 Å². The Kier molecular flexibility index (Phi) is 6.09. The van der Waals surface area contributed by atoms with Crippen LogP contribution in [0.15, 0.2) is 0 Å². The number of hydrogen-bond acceptors (Lipinski definition) is 1. The van der Waals surface area contributed by atoms with Crippen molar-refractivity contribution in [3.05, 3.63) is 0 Å². The molecule has 0 aromatic rings. The molecule has 1 rings (SSSR count). The monoisotopic (exact) mass is 281 g/mol. The van der Waals surface area contributed by atoms with E-state index in [2.05, 4.69) is 46.4 Å². The maximum atomic E-state index is 12.3. The zero-order valence-corrected chi connectivity index (χ0v) is 14.6. The zero-order valence-electron chi connectivity index (χ0n) is 14.6. The SMILES string of the molecule is CCC(C)(CC)CC(N1CCCC1=O)C(C)(CC)CC. The molecule has 20 heavy (non-hydrogen) atoms. The van der Waals surface area contributed by atoms with Gasteiger partial charge in [-0.2, -0.15) is 0 Å². The van der Waals surface area contributed by atoms with Gasteiger partial charge in [0.1, 0.15) is 0 Å². The molecule has 0 aliphatic carbocycles. The van der Waals surface area contributed by atoms with Gasteiger partial charge in [0, 0.05) is 19.0 Å². The first-order valence-electron chi connectivity index (χ1n) is 8.65. The van der Waals surface area contributed by atoms with E-state index in [9.17, 15) is 4.79 Å². The summed E-state index contributed by atoms with van der Waals surface area (Å²) in [6.07, 6.45) is 7.67. The molecule has 118 valence electrons. The number of carbonyl (C=O) groups excluding carboxylic acids is 1. The molecule has 1 aliphatic rings. The standard InChI is InChI=1S/C18H35NO/c1-7-17(5,8-2)14-15(18(6,9-3)10-4)19-13-11-12-16(19)20/h15H,7-14H2,1-6H3. The Morgan fingerprint density at radius 3 is 1.95 bits per heavy atom. The number of rotatable bonds is 8. The van der Waals surface area contributed by atoms with E-state index < -0.39 is 0 Å². The van der Waals surface area contributed by atoms with Gasteiger partial charge in [-0.25, -0.2) is 0 Å². The lowest BCUT2D eigenvalue weighted by Gasteiger charge is -2.46. The van der Waals surface area contributed by atoms with Crippen LogP contribution in [-0.4, -0.2) is 23.4 Å². The fourth-order valence-electron chi connectivity index (χ4n) is 3.46. The van der Waals surface area contributed by atoms with Crippen LogP contribution in [0.2, 0.25) is 0 Å². The number of hydrogen-bond donors (Lipinski definition) is 0. The van der Waals surface area contributed by atoms with E-state index in [1.807, 2.05) is 0 Å². The summed E-state index contributed by atoms with van der Waals surface area (Å²) in [4.78, 5) is 14.5. The Labute approximate surface area is 126 Å². The lowest BCUT2D eigenvalue weighted by molar-refractivity contribution is -0.133. The van der Waals surface area contributed by atoms with Gasteiger partial charge in [-0.3, -0.25) is 4.79 Å². The summed E-state index contributed by atoms with van der Waals surface area (Å²) in [5, 5.41) is 0. The van der Waals surface area contributed by atoms with Crippen LogP contribution in [0, 0.1) is 10.8 Å². The van der Waals surface area contributed by atoms with E-state index in [-0.39, 0.29) is 5.41 Å². The van der Waals surface area contributed by atoms with E-state index in [1.165, 1.54) is 12.8 Å². The Hall–Kier alpha value is -0.530. The van der Waals surface area contributed by atoms with Crippen molar-refractivity contribution < 1.29 is 4.79 Å². The Morgan fingerprint density at radius 1 is 1.05 bits per heavy atom. The summed E-state index contributed by atoms with van der Waals surface area (Å²) >= 11 is 0. The minimum atomic E-state index is 0.256. The molecule has 0 radical (unpaired) electrons. The summed E-state index contributed by atoms with van der Waals surface area (Å²) in [6, 6.07) is 0.414. The number of carbonyl (C=O) groups is 1. The van der Waals surface area contributed by atoms with E-state index in [0.717, 1.165) is 38.6 Å². The van der Waals surface area contributed by atoms with Gasteiger partial charge in [0.25, 0.3) is 0 Å². The normalized spacial score (nSPS) is 18.7. The van der Waals surface area contributed by atoms with E-state index in [1.54, 1.807) is 0 Å². The number of likely N-dealkylation sites (tertiary alicyclic amines) is 1. The van der Waals surface area contributed by atoms with Gasteiger partial charge < -0.3 is 4.90 Å². The molecule has 0 N–H and O–H groups in total. The Morgan fingerprint density at radius 2 is 1.60 bits per heavy atom. The van der Waals surface area contributed by atoms with Crippen LogP contribution < -0.4 is 0 Å². The van der Waals surface area contributed by atoms with Gasteiger partial charge in [-0.1, -0.05) is 54.4 Å². The zero-order chi connectivity index (χ0) is 15.4. The van der Waals surface area contributed by atoms with Crippen molar-refractivity contribution in [3.8, 4) is 0 Å². The minimum Gasteiger partial charge on any atom is -0.339 e. The average molecular weight is 281 g/mol. The van der Waals surface area contributed by atoms with Crippen LogP contribution >= 0.6 is 0 Å². The van der Waals surface area contributed by atoms with E-state index in [4.69, 9.17) is 0 Å². The van der Waals surface area contributed by atoms with Crippen molar-refractivity contribution >= 4 is 5.91 Å². The van der Waals surface area contributed by atoms with Crippen LogP contribution in [0.1, 0.15) is 86.5 Å². The van der Waals surface area contributed by atoms with Crippen molar-refractivity contribution in [2.75, 3.05) is 6.54 Å². The van der Waals surface area contributed by atoms with Crippen molar-refractivity contribution in [1.29, 1.82) is 0 Å². The molecule has 1 atom stereocenters.